The summed E-state index contributed by atoms with van der Waals surface area (Å²) in [5.41, 5.74) is 9.37. The van der Waals surface area contributed by atoms with Crippen LogP contribution in [0.3, 0.4) is 0 Å². The molecule has 3 N–H and O–H groups in total. The smallest absolute Gasteiger partial charge is 0.234 e. The third-order valence-corrected chi connectivity index (χ3v) is 4.74. The van der Waals surface area contributed by atoms with Crippen molar-refractivity contribution in [2.75, 3.05) is 43.4 Å². The Morgan fingerprint density at radius 1 is 1.23 bits per heavy atom. The topological polar surface area (TPSA) is 87.4 Å². The van der Waals surface area contributed by atoms with E-state index in [9.17, 15) is 4.79 Å². The van der Waals surface area contributed by atoms with Crippen LogP contribution in [0.4, 0.5) is 11.5 Å². The van der Waals surface area contributed by atoms with Crippen LogP contribution in [-0.2, 0) is 4.79 Å². The van der Waals surface area contributed by atoms with Gasteiger partial charge in [-0.05, 0) is 25.5 Å². The summed E-state index contributed by atoms with van der Waals surface area (Å²) in [6.45, 7) is 15.4. The van der Waals surface area contributed by atoms with E-state index >= 15 is 0 Å². The fraction of sp³-hybridized carbons (Fsp3) is 0.435. The van der Waals surface area contributed by atoms with E-state index in [0.29, 0.717) is 12.2 Å². The molecule has 0 saturated carbocycles. The molecule has 7 heteroatoms. The summed E-state index contributed by atoms with van der Waals surface area (Å²) in [4.78, 5) is 25.5. The van der Waals surface area contributed by atoms with Crippen LogP contribution in [0, 0.1) is 0 Å². The molecule has 0 bridgehead atoms. The van der Waals surface area contributed by atoms with Gasteiger partial charge in [0.15, 0.2) is 0 Å². The second-order valence-corrected chi connectivity index (χ2v) is 7.30. The second-order valence-electron chi connectivity index (χ2n) is 7.30. The molecule has 2 heterocycles. The average Bonchev–Trinajstić information content (AvgIpc) is 2.75. The van der Waals surface area contributed by atoms with Gasteiger partial charge in [0.05, 0.1) is 24.6 Å². The average molecular weight is 411 g/mol. The Hall–Kier alpha value is -2.93. The lowest BCUT2D eigenvalue weighted by atomic mass is 10.1. The predicted octanol–water partition coefficient (Wildman–Crippen LogP) is 3.04. The highest BCUT2D eigenvalue weighted by molar-refractivity contribution is 5.78. The van der Waals surface area contributed by atoms with E-state index in [-0.39, 0.29) is 11.9 Å². The van der Waals surface area contributed by atoms with E-state index in [4.69, 9.17) is 10.7 Å². The van der Waals surface area contributed by atoms with Gasteiger partial charge in [0.1, 0.15) is 5.82 Å². The van der Waals surface area contributed by atoms with Gasteiger partial charge in [0.2, 0.25) is 5.91 Å². The highest BCUT2D eigenvalue weighted by Crippen LogP contribution is 2.24. The minimum absolute atomic E-state index is 0.0748. The molecule has 7 nitrogen and oxygen atoms in total. The number of aromatic nitrogens is 2. The van der Waals surface area contributed by atoms with Gasteiger partial charge in [0, 0.05) is 43.5 Å². The zero-order chi connectivity index (χ0) is 22.1. The first-order chi connectivity index (χ1) is 14.5. The van der Waals surface area contributed by atoms with Gasteiger partial charge in [-0.3, -0.25) is 14.7 Å². The van der Waals surface area contributed by atoms with Crippen LogP contribution in [0.15, 0.2) is 37.2 Å². The van der Waals surface area contributed by atoms with Crippen molar-refractivity contribution in [2.24, 2.45) is 0 Å². The molecule has 1 fully saturated rings. The molecule has 0 atom stereocenters. The molecule has 3 rings (SSSR count). The number of nitrogen functional groups attached to an aromatic ring is 1. The molecule has 30 heavy (non-hydrogen) atoms. The van der Waals surface area contributed by atoms with Crippen molar-refractivity contribution < 1.29 is 4.79 Å². The number of benzene rings is 1. The molecule has 1 amide bonds. The first kappa shape index (κ1) is 23.3. The molecular formula is C23H34N6O. The Balaban J connectivity index is 0.00000155. The Kier molecular flexibility index (Phi) is 8.80. The maximum atomic E-state index is 11.9. The van der Waals surface area contributed by atoms with Gasteiger partial charge in [-0.1, -0.05) is 38.6 Å². The molecule has 1 aromatic carbocycles. The van der Waals surface area contributed by atoms with E-state index in [1.54, 1.807) is 18.5 Å². The third kappa shape index (κ3) is 6.29. The van der Waals surface area contributed by atoms with E-state index in [2.05, 4.69) is 26.7 Å². The molecule has 2 aromatic rings. The summed E-state index contributed by atoms with van der Waals surface area (Å²) in [7, 11) is 0. The molecule has 1 saturated heterocycles. The molecular weight excluding hydrogens is 376 g/mol. The Bertz CT molecular complexity index is 843. The molecule has 1 aliphatic heterocycles. The van der Waals surface area contributed by atoms with Crippen molar-refractivity contribution in [3.63, 3.8) is 0 Å². The number of nitrogens with one attached hydrogen (secondary N) is 1. The Labute approximate surface area is 180 Å². The summed E-state index contributed by atoms with van der Waals surface area (Å²) in [5.74, 6) is 0.918. The fourth-order valence-electron chi connectivity index (χ4n) is 3.27. The van der Waals surface area contributed by atoms with Crippen molar-refractivity contribution in [1.82, 2.24) is 20.2 Å². The normalized spacial score (nSPS) is 14.1. The number of rotatable bonds is 6. The number of nitrogens with zero attached hydrogens (tertiary/aromatic N) is 4. The highest BCUT2D eigenvalue weighted by Gasteiger charge is 2.20. The van der Waals surface area contributed by atoms with Crippen LogP contribution in [0.2, 0.25) is 0 Å². The van der Waals surface area contributed by atoms with Crippen molar-refractivity contribution in [1.29, 1.82) is 0 Å². The lowest BCUT2D eigenvalue weighted by Crippen LogP contribution is -2.50. The number of anilines is 2. The van der Waals surface area contributed by atoms with Gasteiger partial charge in [0.25, 0.3) is 0 Å². The Morgan fingerprint density at radius 3 is 2.53 bits per heavy atom. The van der Waals surface area contributed by atoms with Crippen molar-refractivity contribution in [3.05, 3.63) is 42.7 Å². The van der Waals surface area contributed by atoms with Gasteiger partial charge in [-0.25, -0.2) is 4.98 Å². The molecule has 1 aliphatic rings. The molecule has 0 aliphatic carbocycles. The van der Waals surface area contributed by atoms with Gasteiger partial charge >= 0.3 is 0 Å². The van der Waals surface area contributed by atoms with E-state index in [1.807, 2.05) is 45.9 Å². The lowest BCUT2D eigenvalue weighted by molar-refractivity contribution is -0.122. The predicted molar refractivity (Wildman–Crippen MR) is 125 cm³/mol. The number of carbonyl (C=O) groups is 1. The SMILES string of the molecule is C=Cc1ccc(-c2cncc(N3CCN(CC(=O)NC(C)C)CC3)n2)cc1N.CC. The van der Waals surface area contributed by atoms with Crippen molar-refractivity contribution >= 4 is 23.5 Å². The summed E-state index contributed by atoms with van der Waals surface area (Å²) in [5, 5.41) is 2.94. The third-order valence-electron chi connectivity index (χ3n) is 4.74. The largest absolute Gasteiger partial charge is 0.398 e. The molecule has 1 aromatic heterocycles. The van der Waals surface area contributed by atoms with Gasteiger partial charge in [-0.2, -0.15) is 0 Å². The van der Waals surface area contributed by atoms with Crippen molar-refractivity contribution in [2.45, 2.75) is 33.7 Å². The number of hydrogen-bond acceptors (Lipinski definition) is 6. The van der Waals surface area contributed by atoms with Crippen LogP contribution in [0.5, 0.6) is 0 Å². The van der Waals surface area contributed by atoms with Crippen molar-refractivity contribution in [3.8, 4) is 11.3 Å². The van der Waals surface area contributed by atoms with Gasteiger partial charge < -0.3 is 16.0 Å². The maximum absolute atomic E-state index is 11.9. The van der Waals surface area contributed by atoms with E-state index in [0.717, 1.165) is 48.8 Å². The van der Waals surface area contributed by atoms with Crippen LogP contribution >= 0.6 is 0 Å². The first-order valence-electron chi connectivity index (χ1n) is 10.6. The summed E-state index contributed by atoms with van der Waals surface area (Å²) >= 11 is 0. The Morgan fingerprint density at radius 2 is 1.93 bits per heavy atom. The molecule has 0 radical (unpaired) electrons. The van der Waals surface area contributed by atoms with Crippen LogP contribution in [0.1, 0.15) is 33.3 Å². The zero-order valence-electron chi connectivity index (χ0n) is 18.6. The summed E-state index contributed by atoms with van der Waals surface area (Å²) in [6.07, 6.45) is 5.27. The number of carbonyl (C=O) groups excluding carboxylic acids is 1. The quantitative estimate of drug-likeness (QED) is 0.712. The highest BCUT2D eigenvalue weighted by atomic mass is 16.2. The molecule has 0 spiro atoms. The zero-order valence-corrected chi connectivity index (χ0v) is 18.6. The number of hydrogen-bond donors (Lipinski definition) is 2. The maximum Gasteiger partial charge on any atom is 0.234 e. The van der Waals surface area contributed by atoms with E-state index in [1.165, 1.54) is 0 Å². The minimum atomic E-state index is 0.0748. The van der Waals surface area contributed by atoms with Crippen LogP contribution in [0.25, 0.3) is 17.3 Å². The summed E-state index contributed by atoms with van der Waals surface area (Å²) < 4.78 is 0. The number of amides is 1. The first-order valence-corrected chi connectivity index (χ1v) is 10.6. The van der Waals surface area contributed by atoms with Crippen LogP contribution < -0.4 is 16.0 Å². The molecule has 162 valence electrons. The van der Waals surface area contributed by atoms with Gasteiger partial charge in [-0.15, -0.1) is 0 Å². The standard InChI is InChI=1S/C21H28N6O.C2H6/c1-4-16-5-6-17(11-18(16)22)19-12-23-13-20(25-19)27-9-7-26(8-10-27)14-21(28)24-15(2)3;1-2/h4-6,11-13,15H,1,7-10,14,22H2,2-3H3,(H,24,28);1-2H3. The van der Waals surface area contributed by atoms with E-state index < -0.39 is 0 Å². The fourth-order valence-corrected chi connectivity index (χ4v) is 3.27. The lowest BCUT2D eigenvalue weighted by Gasteiger charge is -2.35. The van der Waals surface area contributed by atoms with Crippen LogP contribution in [-0.4, -0.2) is 59.5 Å². The minimum Gasteiger partial charge on any atom is -0.398 e. The number of nitrogens with two attached hydrogens (primary N) is 1. The number of piperazine rings is 1. The monoisotopic (exact) mass is 410 g/mol. The summed E-state index contributed by atoms with van der Waals surface area (Å²) in [6, 6.07) is 5.98. The molecule has 0 unspecified atom stereocenters. The second kappa shape index (κ2) is 11.3.